The van der Waals surface area contributed by atoms with E-state index >= 15 is 0 Å². The fourth-order valence-corrected chi connectivity index (χ4v) is 1.73. The first-order valence-electron chi connectivity index (χ1n) is 5.36. The second kappa shape index (κ2) is 4.38. The van der Waals surface area contributed by atoms with Gasteiger partial charge in [0.05, 0.1) is 5.56 Å². The fourth-order valence-electron chi connectivity index (χ4n) is 1.73. The van der Waals surface area contributed by atoms with Crippen molar-refractivity contribution < 1.29 is 5.21 Å². The van der Waals surface area contributed by atoms with Crippen LogP contribution in [0.15, 0.2) is 23.5 Å². The van der Waals surface area contributed by atoms with Gasteiger partial charge in [-0.25, -0.2) is 4.98 Å². The first-order valence-corrected chi connectivity index (χ1v) is 5.36. The molecule has 5 nitrogen and oxygen atoms in total. The number of anilines is 1. The average Bonchev–Trinajstić information content (AvgIpc) is 3.12. The Hall–Kier alpha value is -1.78. The minimum absolute atomic E-state index is 0.103. The van der Waals surface area contributed by atoms with Crippen LogP contribution in [0.25, 0.3) is 0 Å². The summed E-state index contributed by atoms with van der Waals surface area (Å²) >= 11 is 0. The van der Waals surface area contributed by atoms with Crippen molar-refractivity contribution in [2.75, 3.05) is 18.5 Å². The average molecular weight is 220 g/mol. The van der Waals surface area contributed by atoms with E-state index in [9.17, 15) is 0 Å². The van der Waals surface area contributed by atoms with Gasteiger partial charge < -0.3 is 15.8 Å². The fraction of sp³-hybridized carbons (Fsp3) is 0.455. The molecule has 86 valence electrons. The minimum Gasteiger partial charge on any atom is -0.409 e. The molecular weight excluding hydrogens is 204 g/mol. The summed E-state index contributed by atoms with van der Waals surface area (Å²) in [6, 6.07) is 3.59. The lowest BCUT2D eigenvalue weighted by Crippen LogP contribution is -2.25. The zero-order valence-corrected chi connectivity index (χ0v) is 9.30. The Labute approximate surface area is 94.6 Å². The summed E-state index contributed by atoms with van der Waals surface area (Å²) in [5, 5.41) is 11.7. The van der Waals surface area contributed by atoms with Crippen molar-refractivity contribution in [1.82, 2.24) is 4.98 Å². The number of hydrogen-bond acceptors (Lipinski definition) is 4. The molecule has 0 radical (unpaired) electrons. The molecule has 1 aromatic heterocycles. The summed E-state index contributed by atoms with van der Waals surface area (Å²) in [5.41, 5.74) is 6.29. The zero-order chi connectivity index (χ0) is 11.5. The van der Waals surface area contributed by atoms with Crippen LogP contribution in [0, 0.1) is 5.92 Å². The first kappa shape index (κ1) is 10.7. The van der Waals surface area contributed by atoms with Crippen LogP contribution < -0.4 is 10.6 Å². The molecule has 5 heteroatoms. The SMILES string of the molecule is CN(CC1CC1)c1ncccc1/C(N)=N/O. The van der Waals surface area contributed by atoms with E-state index in [4.69, 9.17) is 10.9 Å². The number of nitrogens with two attached hydrogens (primary N) is 1. The van der Waals surface area contributed by atoms with E-state index < -0.39 is 0 Å². The van der Waals surface area contributed by atoms with E-state index in [1.54, 1.807) is 18.3 Å². The van der Waals surface area contributed by atoms with Crippen molar-refractivity contribution in [2.24, 2.45) is 16.8 Å². The van der Waals surface area contributed by atoms with Crippen molar-refractivity contribution >= 4 is 11.7 Å². The lowest BCUT2D eigenvalue weighted by molar-refractivity contribution is 0.318. The van der Waals surface area contributed by atoms with Crippen LogP contribution in [-0.4, -0.2) is 29.6 Å². The van der Waals surface area contributed by atoms with E-state index in [2.05, 4.69) is 15.0 Å². The van der Waals surface area contributed by atoms with Gasteiger partial charge in [0.15, 0.2) is 5.84 Å². The molecule has 1 heterocycles. The Morgan fingerprint density at radius 3 is 3.06 bits per heavy atom. The van der Waals surface area contributed by atoms with Crippen LogP contribution in [0.4, 0.5) is 5.82 Å². The van der Waals surface area contributed by atoms with Gasteiger partial charge in [-0.15, -0.1) is 0 Å². The lowest BCUT2D eigenvalue weighted by Gasteiger charge is -2.20. The van der Waals surface area contributed by atoms with Gasteiger partial charge >= 0.3 is 0 Å². The molecule has 1 fully saturated rings. The zero-order valence-electron chi connectivity index (χ0n) is 9.30. The number of oxime groups is 1. The molecular formula is C11H16N4O. The van der Waals surface area contributed by atoms with Crippen LogP contribution in [0.5, 0.6) is 0 Å². The van der Waals surface area contributed by atoms with Crippen molar-refractivity contribution in [1.29, 1.82) is 0 Å². The first-order chi connectivity index (χ1) is 7.72. The Morgan fingerprint density at radius 2 is 2.44 bits per heavy atom. The molecule has 0 aromatic carbocycles. The monoisotopic (exact) mass is 220 g/mol. The van der Waals surface area contributed by atoms with Crippen LogP contribution in [0.3, 0.4) is 0 Å². The number of hydrogen-bond donors (Lipinski definition) is 2. The molecule has 1 aliphatic rings. The highest BCUT2D eigenvalue weighted by atomic mass is 16.4. The molecule has 1 aliphatic carbocycles. The molecule has 16 heavy (non-hydrogen) atoms. The van der Waals surface area contributed by atoms with Gasteiger partial charge in [0.1, 0.15) is 5.82 Å². The third-order valence-electron chi connectivity index (χ3n) is 2.76. The summed E-state index contributed by atoms with van der Waals surface area (Å²) in [6.45, 7) is 0.975. The molecule has 0 saturated heterocycles. The highest BCUT2D eigenvalue weighted by Gasteiger charge is 2.24. The van der Waals surface area contributed by atoms with Gasteiger partial charge in [-0.3, -0.25) is 0 Å². The van der Waals surface area contributed by atoms with Crippen LogP contribution in [0.1, 0.15) is 18.4 Å². The standard InChI is InChI=1S/C11H16N4O/c1-15(7-8-4-5-8)11-9(10(12)14-16)3-2-6-13-11/h2-3,6,8,16H,4-5,7H2,1H3,(H2,12,14). The predicted octanol–water partition coefficient (Wildman–Crippen LogP) is 1.02. The highest BCUT2D eigenvalue weighted by Crippen LogP contribution is 2.31. The van der Waals surface area contributed by atoms with Gasteiger partial charge in [0, 0.05) is 19.8 Å². The number of amidine groups is 1. The molecule has 1 saturated carbocycles. The van der Waals surface area contributed by atoms with Crippen LogP contribution in [-0.2, 0) is 0 Å². The van der Waals surface area contributed by atoms with E-state index in [0.29, 0.717) is 5.56 Å². The van der Waals surface area contributed by atoms with Gasteiger partial charge in [-0.2, -0.15) is 0 Å². The summed E-state index contributed by atoms with van der Waals surface area (Å²) in [7, 11) is 1.98. The second-order valence-electron chi connectivity index (χ2n) is 4.18. The molecule has 1 aromatic rings. The van der Waals surface area contributed by atoms with E-state index in [1.807, 2.05) is 7.05 Å². The smallest absolute Gasteiger partial charge is 0.173 e. The van der Waals surface area contributed by atoms with E-state index in [-0.39, 0.29) is 5.84 Å². The maximum atomic E-state index is 8.71. The maximum absolute atomic E-state index is 8.71. The molecule has 2 rings (SSSR count). The second-order valence-corrected chi connectivity index (χ2v) is 4.18. The number of rotatable bonds is 4. The third kappa shape index (κ3) is 2.24. The largest absolute Gasteiger partial charge is 0.409 e. The van der Waals surface area contributed by atoms with Crippen molar-refractivity contribution in [3.8, 4) is 0 Å². The molecule has 3 N–H and O–H groups in total. The molecule has 0 atom stereocenters. The number of pyridine rings is 1. The Morgan fingerprint density at radius 1 is 1.69 bits per heavy atom. The normalized spacial score (nSPS) is 16.2. The highest BCUT2D eigenvalue weighted by molar-refractivity contribution is 6.01. The molecule has 0 bridgehead atoms. The van der Waals surface area contributed by atoms with Gasteiger partial charge in [0.2, 0.25) is 0 Å². The van der Waals surface area contributed by atoms with Crippen molar-refractivity contribution in [3.05, 3.63) is 23.9 Å². The van der Waals surface area contributed by atoms with Crippen LogP contribution >= 0.6 is 0 Å². The Kier molecular flexibility index (Phi) is 2.94. The third-order valence-corrected chi connectivity index (χ3v) is 2.76. The summed E-state index contributed by atoms with van der Waals surface area (Å²) in [4.78, 5) is 6.34. The Bertz CT molecular complexity index is 401. The lowest BCUT2D eigenvalue weighted by atomic mass is 10.2. The van der Waals surface area contributed by atoms with Crippen molar-refractivity contribution in [2.45, 2.75) is 12.8 Å². The summed E-state index contributed by atoms with van der Waals surface area (Å²) in [6.07, 6.45) is 4.29. The molecule has 0 spiro atoms. The molecule has 0 unspecified atom stereocenters. The van der Waals surface area contributed by atoms with Crippen LogP contribution in [0.2, 0.25) is 0 Å². The minimum atomic E-state index is 0.103. The van der Waals surface area contributed by atoms with Gasteiger partial charge in [0.25, 0.3) is 0 Å². The molecule has 0 amide bonds. The number of nitrogens with zero attached hydrogens (tertiary/aromatic N) is 3. The topological polar surface area (TPSA) is 74.7 Å². The summed E-state index contributed by atoms with van der Waals surface area (Å²) in [5.74, 6) is 1.64. The van der Waals surface area contributed by atoms with Gasteiger partial charge in [-0.1, -0.05) is 5.16 Å². The summed E-state index contributed by atoms with van der Waals surface area (Å²) < 4.78 is 0. The maximum Gasteiger partial charge on any atom is 0.173 e. The predicted molar refractivity (Wildman–Crippen MR) is 62.7 cm³/mol. The quantitative estimate of drug-likeness (QED) is 0.344. The Balaban J connectivity index is 2.23. The molecule has 0 aliphatic heterocycles. The van der Waals surface area contributed by atoms with E-state index in [1.165, 1.54) is 12.8 Å². The number of aromatic nitrogens is 1. The van der Waals surface area contributed by atoms with Gasteiger partial charge in [-0.05, 0) is 30.9 Å². The van der Waals surface area contributed by atoms with Crippen molar-refractivity contribution in [3.63, 3.8) is 0 Å². The van der Waals surface area contributed by atoms with E-state index in [0.717, 1.165) is 18.3 Å².